The minimum Gasteiger partial charge on any atom is -0.468 e. The molecule has 0 aliphatic heterocycles. The van der Waals surface area contributed by atoms with Crippen LogP contribution in [0.15, 0.2) is 52.0 Å². The van der Waals surface area contributed by atoms with Gasteiger partial charge in [-0.1, -0.05) is 6.07 Å². The first-order chi connectivity index (χ1) is 12.2. The van der Waals surface area contributed by atoms with Crippen molar-refractivity contribution >= 4 is 33.0 Å². The quantitative estimate of drug-likeness (QED) is 0.694. The van der Waals surface area contributed by atoms with Crippen LogP contribution in [0.5, 0.6) is 0 Å². The predicted octanol–water partition coefficient (Wildman–Crippen LogP) is 2.12. The second-order valence-corrected chi connectivity index (χ2v) is 8.71. The first-order valence-electron chi connectivity index (χ1n) is 7.99. The Morgan fingerprint density at radius 2 is 1.92 bits per heavy atom. The summed E-state index contributed by atoms with van der Waals surface area (Å²) in [6, 6.07) is 10.3. The molecule has 1 aromatic carbocycles. The Bertz CT molecular complexity index is 833. The molecule has 0 spiro atoms. The number of nitrogens with zero attached hydrogens (tertiary/aromatic N) is 2. The van der Waals surface area contributed by atoms with Crippen LogP contribution in [0.25, 0.3) is 0 Å². The van der Waals surface area contributed by atoms with Gasteiger partial charge in [0.05, 0.1) is 17.2 Å². The molecule has 0 bridgehead atoms. The van der Waals surface area contributed by atoms with Gasteiger partial charge in [0.15, 0.2) is 5.11 Å². The topological polar surface area (TPSA) is 77.8 Å². The van der Waals surface area contributed by atoms with Gasteiger partial charge in [-0.25, -0.2) is 12.7 Å². The third-order valence-corrected chi connectivity index (χ3v) is 5.88. The Labute approximate surface area is 160 Å². The van der Waals surface area contributed by atoms with Crippen LogP contribution in [0.3, 0.4) is 0 Å². The van der Waals surface area contributed by atoms with E-state index in [1.54, 1.807) is 30.5 Å². The van der Waals surface area contributed by atoms with Crippen LogP contribution in [0.4, 0.5) is 5.69 Å². The lowest BCUT2D eigenvalue weighted by Crippen LogP contribution is -2.36. The van der Waals surface area contributed by atoms with E-state index in [-0.39, 0.29) is 10.9 Å². The molecule has 1 atom stereocenters. The number of benzene rings is 1. The molecule has 0 fully saturated rings. The smallest absolute Gasteiger partial charge is 0.242 e. The molecule has 2 rings (SSSR count). The highest BCUT2D eigenvalue weighted by atomic mass is 32.2. The van der Waals surface area contributed by atoms with Crippen molar-refractivity contribution in [2.75, 3.05) is 40.1 Å². The van der Waals surface area contributed by atoms with E-state index in [0.717, 1.165) is 5.76 Å². The Kier molecular flexibility index (Phi) is 6.76. The maximum absolute atomic E-state index is 12.2. The van der Waals surface area contributed by atoms with Gasteiger partial charge in [0, 0.05) is 26.3 Å². The average Bonchev–Trinajstić information content (AvgIpc) is 3.09. The SMILES string of the molecule is CN(C)[C@H](CNC(=S)Nc1cccc(S(=O)(=O)N(C)C)c1)c1ccco1. The predicted molar refractivity (Wildman–Crippen MR) is 107 cm³/mol. The molecule has 0 amide bonds. The lowest BCUT2D eigenvalue weighted by molar-refractivity contribution is 0.259. The van der Waals surface area contributed by atoms with Gasteiger partial charge in [-0.05, 0) is 56.6 Å². The first kappa shape index (κ1) is 20.4. The third-order valence-electron chi connectivity index (χ3n) is 3.82. The number of furan rings is 1. The maximum Gasteiger partial charge on any atom is 0.242 e. The van der Waals surface area contributed by atoms with E-state index in [9.17, 15) is 8.42 Å². The van der Waals surface area contributed by atoms with Crippen molar-refractivity contribution in [3.05, 3.63) is 48.4 Å². The summed E-state index contributed by atoms with van der Waals surface area (Å²) in [4.78, 5) is 2.23. The Morgan fingerprint density at radius 1 is 1.19 bits per heavy atom. The summed E-state index contributed by atoms with van der Waals surface area (Å²) in [5, 5.41) is 6.57. The van der Waals surface area contributed by atoms with Crippen LogP contribution in [0, 0.1) is 0 Å². The molecule has 0 aliphatic rings. The van der Waals surface area contributed by atoms with Gasteiger partial charge in [-0.2, -0.15) is 0 Å². The molecule has 9 heteroatoms. The number of rotatable bonds is 7. The molecule has 26 heavy (non-hydrogen) atoms. The summed E-state index contributed by atoms with van der Waals surface area (Å²) < 4.78 is 31.1. The number of sulfonamides is 1. The normalized spacial score (nSPS) is 13.0. The monoisotopic (exact) mass is 396 g/mol. The molecule has 2 N–H and O–H groups in total. The van der Waals surface area contributed by atoms with Gasteiger partial charge in [0.2, 0.25) is 10.0 Å². The minimum absolute atomic E-state index is 0.0187. The van der Waals surface area contributed by atoms with E-state index < -0.39 is 10.0 Å². The van der Waals surface area contributed by atoms with Crippen molar-refractivity contribution < 1.29 is 12.8 Å². The van der Waals surface area contributed by atoms with Gasteiger partial charge < -0.3 is 15.1 Å². The molecular formula is C17H24N4O3S2. The van der Waals surface area contributed by atoms with Gasteiger partial charge in [-0.3, -0.25) is 4.90 Å². The highest BCUT2D eigenvalue weighted by Gasteiger charge is 2.18. The van der Waals surface area contributed by atoms with Crippen LogP contribution in [-0.4, -0.2) is 57.5 Å². The molecule has 0 unspecified atom stereocenters. The molecule has 2 aromatic rings. The third kappa shape index (κ3) is 5.04. The van der Waals surface area contributed by atoms with Crippen LogP contribution in [-0.2, 0) is 10.0 Å². The summed E-state index contributed by atoms with van der Waals surface area (Å²) in [6.45, 7) is 0.544. The van der Waals surface area contributed by atoms with Gasteiger partial charge in [0.1, 0.15) is 5.76 Å². The Balaban J connectivity index is 2.02. The van der Waals surface area contributed by atoms with E-state index in [2.05, 4.69) is 10.6 Å². The highest BCUT2D eigenvalue weighted by Crippen LogP contribution is 2.19. The zero-order valence-corrected chi connectivity index (χ0v) is 16.9. The fourth-order valence-electron chi connectivity index (χ4n) is 2.33. The largest absolute Gasteiger partial charge is 0.468 e. The summed E-state index contributed by atoms with van der Waals surface area (Å²) in [7, 11) is 3.42. The van der Waals surface area contributed by atoms with Crippen LogP contribution in [0.2, 0.25) is 0 Å². The van der Waals surface area contributed by atoms with E-state index >= 15 is 0 Å². The number of hydrogen-bond acceptors (Lipinski definition) is 5. The highest BCUT2D eigenvalue weighted by molar-refractivity contribution is 7.89. The van der Waals surface area contributed by atoms with E-state index in [0.29, 0.717) is 17.3 Å². The molecule has 1 heterocycles. The standard InChI is InChI=1S/C17H24N4O3S2/c1-20(2)15(16-9-6-10-24-16)12-18-17(25)19-13-7-5-8-14(11-13)26(22,23)21(3)4/h5-11,15H,12H2,1-4H3,(H2,18,19,25)/t15-/m1/s1. The first-order valence-corrected chi connectivity index (χ1v) is 9.84. The molecule has 0 saturated heterocycles. The number of nitrogens with one attached hydrogen (secondary N) is 2. The summed E-state index contributed by atoms with van der Waals surface area (Å²) in [6.07, 6.45) is 1.64. The molecule has 0 radical (unpaired) electrons. The summed E-state index contributed by atoms with van der Waals surface area (Å²) in [5.41, 5.74) is 0.602. The van der Waals surface area contributed by atoms with Crippen molar-refractivity contribution in [2.24, 2.45) is 0 Å². The fraction of sp³-hybridized carbons (Fsp3) is 0.353. The van der Waals surface area contributed by atoms with E-state index in [4.69, 9.17) is 16.6 Å². The second kappa shape index (κ2) is 8.63. The number of thiocarbonyl (C=S) groups is 1. The van der Waals surface area contributed by atoms with Crippen molar-refractivity contribution in [1.29, 1.82) is 0 Å². The molecule has 142 valence electrons. The maximum atomic E-state index is 12.2. The minimum atomic E-state index is -3.49. The van der Waals surface area contributed by atoms with Gasteiger partial charge >= 0.3 is 0 Å². The van der Waals surface area contributed by atoms with E-state index in [1.165, 1.54) is 18.4 Å². The molecular weight excluding hydrogens is 372 g/mol. The Morgan fingerprint density at radius 3 is 2.50 bits per heavy atom. The number of hydrogen-bond donors (Lipinski definition) is 2. The van der Waals surface area contributed by atoms with Crippen molar-refractivity contribution in [1.82, 2.24) is 14.5 Å². The van der Waals surface area contributed by atoms with Crippen molar-refractivity contribution in [3.8, 4) is 0 Å². The zero-order valence-electron chi connectivity index (χ0n) is 15.3. The van der Waals surface area contributed by atoms with Crippen molar-refractivity contribution in [2.45, 2.75) is 10.9 Å². The lowest BCUT2D eigenvalue weighted by Gasteiger charge is -2.23. The van der Waals surface area contributed by atoms with E-state index in [1.807, 2.05) is 31.1 Å². The molecule has 0 saturated carbocycles. The Hall–Kier alpha value is -1.94. The van der Waals surface area contributed by atoms with Crippen LogP contribution >= 0.6 is 12.2 Å². The zero-order chi connectivity index (χ0) is 19.3. The molecule has 0 aliphatic carbocycles. The average molecular weight is 397 g/mol. The lowest BCUT2D eigenvalue weighted by atomic mass is 10.2. The summed E-state index contributed by atoms with van der Waals surface area (Å²) >= 11 is 5.33. The van der Waals surface area contributed by atoms with Crippen LogP contribution in [0.1, 0.15) is 11.8 Å². The van der Waals surface area contributed by atoms with Gasteiger partial charge in [0.25, 0.3) is 0 Å². The number of anilines is 1. The fourth-order valence-corrected chi connectivity index (χ4v) is 3.48. The molecule has 1 aromatic heterocycles. The second-order valence-electron chi connectivity index (χ2n) is 6.15. The summed E-state index contributed by atoms with van der Waals surface area (Å²) in [5.74, 6) is 0.837. The van der Waals surface area contributed by atoms with Crippen LogP contribution < -0.4 is 10.6 Å². The molecule has 7 nitrogen and oxygen atoms in total. The number of likely N-dealkylation sites (N-methyl/N-ethyl adjacent to an activating group) is 1. The van der Waals surface area contributed by atoms with Crippen molar-refractivity contribution in [3.63, 3.8) is 0 Å². The van der Waals surface area contributed by atoms with Gasteiger partial charge in [-0.15, -0.1) is 0 Å².